The van der Waals surface area contributed by atoms with E-state index in [-0.39, 0.29) is 5.92 Å². The number of hydrogen-bond donors (Lipinski definition) is 1. The number of rotatable bonds is 3. The van der Waals surface area contributed by atoms with Gasteiger partial charge in [-0.15, -0.1) is 0 Å². The molecule has 0 radical (unpaired) electrons. The van der Waals surface area contributed by atoms with Gasteiger partial charge in [-0.3, -0.25) is 0 Å². The Bertz CT molecular complexity index is 749. The fourth-order valence-corrected chi connectivity index (χ4v) is 3.39. The van der Waals surface area contributed by atoms with Crippen LogP contribution in [0.25, 0.3) is 0 Å². The van der Waals surface area contributed by atoms with E-state index in [1.54, 1.807) is 18.2 Å². The van der Waals surface area contributed by atoms with Crippen molar-refractivity contribution < 1.29 is 9.50 Å². The quantitative estimate of drug-likeness (QED) is 0.903. The Hall–Kier alpha value is -2.09. The lowest BCUT2D eigenvalue weighted by atomic mass is 9.87. The molecule has 1 N–H and O–H groups in total. The van der Waals surface area contributed by atoms with Gasteiger partial charge < -0.3 is 10.0 Å². The van der Waals surface area contributed by atoms with Crippen LogP contribution >= 0.6 is 11.6 Å². The summed E-state index contributed by atoms with van der Waals surface area (Å²) < 4.78 is 13.3. The Morgan fingerprint density at radius 1 is 1.17 bits per heavy atom. The number of piperidine rings is 1. The van der Waals surface area contributed by atoms with Crippen molar-refractivity contribution in [3.8, 4) is 6.07 Å². The van der Waals surface area contributed by atoms with E-state index in [0.29, 0.717) is 10.6 Å². The van der Waals surface area contributed by atoms with E-state index in [1.165, 1.54) is 12.1 Å². The summed E-state index contributed by atoms with van der Waals surface area (Å²) in [6.07, 6.45) is 1.10. The zero-order chi connectivity index (χ0) is 17.1. The predicted molar refractivity (Wildman–Crippen MR) is 92.5 cm³/mol. The average molecular weight is 345 g/mol. The molecule has 1 aliphatic rings. The third kappa shape index (κ3) is 3.53. The van der Waals surface area contributed by atoms with Gasteiger partial charge in [0.05, 0.1) is 17.4 Å². The topological polar surface area (TPSA) is 47.3 Å². The average Bonchev–Trinajstić information content (AvgIpc) is 2.62. The number of aliphatic hydroxyl groups is 1. The van der Waals surface area contributed by atoms with Crippen molar-refractivity contribution >= 4 is 17.3 Å². The summed E-state index contributed by atoms with van der Waals surface area (Å²) >= 11 is 5.89. The number of halogens is 2. The van der Waals surface area contributed by atoms with Gasteiger partial charge in [-0.1, -0.05) is 23.7 Å². The highest BCUT2D eigenvalue weighted by atomic mass is 35.5. The van der Waals surface area contributed by atoms with Crippen LogP contribution in [0.1, 0.15) is 30.1 Å². The summed E-state index contributed by atoms with van der Waals surface area (Å²) in [6.45, 7) is 1.46. The lowest BCUT2D eigenvalue weighted by Crippen LogP contribution is -2.36. The maximum atomic E-state index is 13.3. The molecule has 5 heteroatoms. The van der Waals surface area contributed by atoms with Crippen molar-refractivity contribution in [3.05, 3.63) is 64.4 Å². The number of nitriles is 1. The van der Waals surface area contributed by atoms with Crippen molar-refractivity contribution in [2.24, 2.45) is 5.92 Å². The second-order valence-electron chi connectivity index (χ2n) is 6.09. The number of anilines is 1. The van der Waals surface area contributed by atoms with Crippen LogP contribution in [0.2, 0.25) is 5.02 Å². The summed E-state index contributed by atoms with van der Waals surface area (Å²) in [5.41, 5.74) is 1.99. The second-order valence-corrected chi connectivity index (χ2v) is 6.53. The zero-order valence-electron chi connectivity index (χ0n) is 13.1. The van der Waals surface area contributed by atoms with Crippen LogP contribution in [0.15, 0.2) is 42.5 Å². The molecular formula is C19H18ClFN2O. The van der Waals surface area contributed by atoms with Crippen LogP contribution in [-0.2, 0) is 0 Å². The molecule has 0 aromatic heterocycles. The molecule has 1 heterocycles. The van der Waals surface area contributed by atoms with Gasteiger partial charge in [0.1, 0.15) is 11.9 Å². The van der Waals surface area contributed by atoms with Crippen LogP contribution in [0.4, 0.5) is 10.1 Å². The molecule has 1 saturated heterocycles. The Kier molecular flexibility index (Phi) is 5.03. The standard InChI is InChI=1S/C19H18ClFN2O/c20-16-3-1-13(2-4-16)19(24)14-7-9-23(10-8-14)18-6-5-17(21)11-15(18)12-22/h1-6,11,14,19,24H,7-10H2. The minimum atomic E-state index is -0.520. The first-order valence-corrected chi connectivity index (χ1v) is 8.34. The Morgan fingerprint density at radius 2 is 1.83 bits per heavy atom. The maximum absolute atomic E-state index is 13.3. The van der Waals surface area contributed by atoms with Crippen molar-refractivity contribution in [1.82, 2.24) is 0 Å². The maximum Gasteiger partial charge on any atom is 0.124 e. The van der Waals surface area contributed by atoms with Gasteiger partial charge in [-0.25, -0.2) is 4.39 Å². The SMILES string of the molecule is N#Cc1cc(F)ccc1N1CCC(C(O)c2ccc(Cl)cc2)CC1. The number of aliphatic hydroxyl groups excluding tert-OH is 1. The lowest BCUT2D eigenvalue weighted by molar-refractivity contribution is 0.0930. The molecule has 1 unspecified atom stereocenters. The van der Waals surface area contributed by atoms with E-state index in [2.05, 4.69) is 11.0 Å². The van der Waals surface area contributed by atoms with Crippen molar-refractivity contribution in [3.63, 3.8) is 0 Å². The molecule has 0 saturated carbocycles. The zero-order valence-corrected chi connectivity index (χ0v) is 13.9. The van der Waals surface area contributed by atoms with Crippen molar-refractivity contribution in [2.75, 3.05) is 18.0 Å². The monoisotopic (exact) mass is 344 g/mol. The fourth-order valence-electron chi connectivity index (χ4n) is 3.26. The van der Waals surface area contributed by atoms with Crippen LogP contribution in [0, 0.1) is 23.1 Å². The third-order valence-electron chi connectivity index (χ3n) is 4.62. The van der Waals surface area contributed by atoms with E-state index in [4.69, 9.17) is 11.6 Å². The molecule has 0 aliphatic carbocycles. The Labute approximate surface area is 145 Å². The molecule has 1 aliphatic heterocycles. The van der Waals surface area contributed by atoms with Gasteiger partial charge >= 0.3 is 0 Å². The first-order valence-electron chi connectivity index (χ1n) is 7.96. The number of benzene rings is 2. The molecule has 124 valence electrons. The van der Waals surface area contributed by atoms with Gasteiger partial charge in [0.2, 0.25) is 0 Å². The molecular weight excluding hydrogens is 327 g/mol. The molecule has 1 atom stereocenters. The summed E-state index contributed by atoms with van der Waals surface area (Å²) in [7, 11) is 0. The third-order valence-corrected chi connectivity index (χ3v) is 4.87. The lowest BCUT2D eigenvalue weighted by Gasteiger charge is -2.36. The van der Waals surface area contributed by atoms with Crippen molar-refractivity contribution in [1.29, 1.82) is 5.26 Å². The van der Waals surface area contributed by atoms with E-state index in [0.717, 1.165) is 37.2 Å². The van der Waals surface area contributed by atoms with Crippen LogP contribution in [0.5, 0.6) is 0 Å². The smallest absolute Gasteiger partial charge is 0.124 e. The van der Waals surface area contributed by atoms with E-state index >= 15 is 0 Å². The summed E-state index contributed by atoms with van der Waals surface area (Å²) in [5.74, 6) is -0.239. The number of hydrogen-bond acceptors (Lipinski definition) is 3. The van der Waals surface area contributed by atoms with E-state index < -0.39 is 11.9 Å². The van der Waals surface area contributed by atoms with Gasteiger partial charge in [-0.05, 0) is 54.7 Å². The molecule has 24 heavy (non-hydrogen) atoms. The molecule has 3 nitrogen and oxygen atoms in total. The molecule has 1 fully saturated rings. The molecule has 0 amide bonds. The summed E-state index contributed by atoms with van der Waals surface area (Å²) in [6, 6.07) is 13.6. The molecule has 0 spiro atoms. The highest BCUT2D eigenvalue weighted by Crippen LogP contribution is 2.33. The molecule has 0 bridgehead atoms. The second kappa shape index (κ2) is 7.21. The van der Waals surface area contributed by atoms with E-state index in [1.807, 2.05) is 12.1 Å². The predicted octanol–water partition coefficient (Wildman–Crippen LogP) is 4.30. The minimum Gasteiger partial charge on any atom is -0.388 e. The molecule has 3 rings (SSSR count). The van der Waals surface area contributed by atoms with E-state index in [9.17, 15) is 14.8 Å². The van der Waals surface area contributed by atoms with Gasteiger partial charge in [0.15, 0.2) is 0 Å². The molecule has 2 aromatic rings. The van der Waals surface area contributed by atoms with Crippen LogP contribution in [0.3, 0.4) is 0 Å². The largest absolute Gasteiger partial charge is 0.388 e. The van der Waals surface area contributed by atoms with Gasteiger partial charge in [-0.2, -0.15) is 5.26 Å². The number of nitrogens with zero attached hydrogens (tertiary/aromatic N) is 2. The van der Waals surface area contributed by atoms with Gasteiger partial charge in [0.25, 0.3) is 0 Å². The highest BCUT2D eigenvalue weighted by Gasteiger charge is 2.27. The fraction of sp³-hybridized carbons (Fsp3) is 0.316. The van der Waals surface area contributed by atoms with Crippen molar-refractivity contribution in [2.45, 2.75) is 18.9 Å². The normalized spacial score (nSPS) is 16.7. The first-order chi connectivity index (χ1) is 11.6. The Morgan fingerprint density at radius 3 is 2.46 bits per heavy atom. The first kappa shape index (κ1) is 16.8. The van der Waals surface area contributed by atoms with Crippen LogP contribution < -0.4 is 4.90 Å². The minimum absolute atomic E-state index is 0.161. The van der Waals surface area contributed by atoms with Crippen LogP contribution in [-0.4, -0.2) is 18.2 Å². The summed E-state index contributed by atoms with van der Waals surface area (Å²) in [5, 5.41) is 20.4. The Balaban J connectivity index is 1.68. The van der Waals surface area contributed by atoms with Gasteiger partial charge in [0, 0.05) is 18.1 Å². The highest BCUT2D eigenvalue weighted by molar-refractivity contribution is 6.30. The molecule has 2 aromatic carbocycles. The summed E-state index contributed by atoms with van der Waals surface area (Å²) in [4.78, 5) is 2.09.